The second-order valence-electron chi connectivity index (χ2n) is 8.34. The van der Waals surface area contributed by atoms with Crippen LogP contribution in [0.2, 0.25) is 10.0 Å². The highest BCUT2D eigenvalue weighted by Crippen LogP contribution is 2.30. The molecule has 0 saturated heterocycles. The van der Waals surface area contributed by atoms with E-state index >= 15 is 0 Å². The lowest BCUT2D eigenvalue weighted by molar-refractivity contribution is 0.300. The van der Waals surface area contributed by atoms with Gasteiger partial charge in [-0.1, -0.05) is 58.0 Å². The Bertz CT molecular complexity index is 1640. The lowest BCUT2D eigenvalue weighted by Crippen LogP contribution is -1.99. The van der Waals surface area contributed by atoms with Crippen molar-refractivity contribution in [3.63, 3.8) is 0 Å². The Morgan fingerprint density at radius 2 is 1.07 bits per heavy atom. The number of hydrogen-bond acceptors (Lipinski definition) is 8. The number of ether oxygens (including phenoxy) is 2. The minimum atomic E-state index is -0.374. The maximum absolute atomic E-state index is 13.6. The molecule has 0 atom stereocenters. The number of rotatable bonds is 6. The van der Waals surface area contributed by atoms with E-state index in [1.54, 1.807) is 36.4 Å². The van der Waals surface area contributed by atoms with Crippen LogP contribution in [0.5, 0.6) is 11.5 Å². The Balaban J connectivity index is 0.000000161. The number of halogens is 4. The first-order valence-corrected chi connectivity index (χ1v) is 14.1. The highest BCUT2D eigenvalue weighted by molar-refractivity contribution is 7.22. The van der Waals surface area contributed by atoms with Gasteiger partial charge < -0.3 is 20.9 Å². The quantitative estimate of drug-likeness (QED) is 0.195. The van der Waals surface area contributed by atoms with Gasteiger partial charge in [0.1, 0.15) is 36.3 Å². The largest absolute Gasteiger partial charge is 0.489 e. The fraction of sp³-hybridized carbons (Fsp3) is 0.0714. The summed E-state index contributed by atoms with van der Waals surface area (Å²) in [7, 11) is 0. The zero-order valence-electron chi connectivity index (χ0n) is 20.5. The molecule has 0 radical (unpaired) electrons. The Morgan fingerprint density at radius 1 is 0.650 bits per heavy atom. The summed E-state index contributed by atoms with van der Waals surface area (Å²) in [5, 5.41) is 1.73. The van der Waals surface area contributed by atoms with Gasteiger partial charge in [-0.25, -0.2) is 18.7 Å². The number of benzene rings is 4. The molecule has 204 valence electrons. The molecule has 0 aliphatic heterocycles. The summed E-state index contributed by atoms with van der Waals surface area (Å²) in [6.07, 6.45) is 0. The first-order chi connectivity index (χ1) is 19.3. The fourth-order valence-electron chi connectivity index (χ4n) is 3.68. The van der Waals surface area contributed by atoms with Crippen LogP contribution in [0, 0.1) is 11.6 Å². The highest BCUT2D eigenvalue weighted by Gasteiger charge is 2.10. The summed E-state index contributed by atoms with van der Waals surface area (Å²) in [6.45, 7) is 0.149. The predicted octanol–water partition coefficient (Wildman–Crippen LogP) is 8.50. The van der Waals surface area contributed by atoms with Crippen molar-refractivity contribution in [1.82, 2.24) is 9.97 Å². The lowest BCUT2D eigenvalue weighted by atomic mass is 10.2. The van der Waals surface area contributed by atoms with Crippen molar-refractivity contribution in [2.45, 2.75) is 13.2 Å². The Labute approximate surface area is 245 Å². The topological polar surface area (TPSA) is 96.3 Å². The van der Waals surface area contributed by atoms with Crippen LogP contribution in [0.15, 0.2) is 72.8 Å². The molecular formula is C28H20Cl2F2N4O2S2. The van der Waals surface area contributed by atoms with Crippen molar-refractivity contribution < 1.29 is 18.3 Å². The van der Waals surface area contributed by atoms with Crippen molar-refractivity contribution in [3.05, 3.63) is 106 Å². The molecular weight excluding hydrogens is 597 g/mol. The molecule has 0 saturated carbocycles. The Morgan fingerprint density at radius 3 is 1.48 bits per heavy atom. The molecule has 6 rings (SSSR count). The second-order valence-corrected chi connectivity index (χ2v) is 11.3. The molecule has 40 heavy (non-hydrogen) atoms. The average molecular weight is 618 g/mol. The SMILES string of the molecule is Nc1nc2ccc(OCc3c(F)cccc3Cl)cc2s1.Nc1nc2ccc(OCc3c(F)cccc3Cl)cc2s1. The van der Waals surface area contributed by atoms with Crippen LogP contribution in [0.3, 0.4) is 0 Å². The summed E-state index contributed by atoms with van der Waals surface area (Å²) in [5.41, 5.74) is 13.6. The molecule has 0 fully saturated rings. The second kappa shape index (κ2) is 12.2. The number of nitrogen functional groups attached to an aromatic ring is 2. The number of nitrogens with two attached hydrogens (primary N) is 2. The minimum Gasteiger partial charge on any atom is -0.489 e. The van der Waals surface area contributed by atoms with E-state index in [0.29, 0.717) is 42.9 Å². The van der Waals surface area contributed by atoms with Crippen LogP contribution >= 0.6 is 45.9 Å². The number of nitrogens with zero attached hydrogens (tertiary/aromatic N) is 2. The summed E-state index contributed by atoms with van der Waals surface area (Å²) in [6, 6.07) is 20.0. The van der Waals surface area contributed by atoms with Gasteiger partial charge in [-0.05, 0) is 60.7 Å². The van der Waals surface area contributed by atoms with E-state index in [4.69, 9.17) is 44.1 Å². The zero-order chi connectivity index (χ0) is 28.2. The number of anilines is 2. The van der Waals surface area contributed by atoms with Crippen molar-refractivity contribution in [2.75, 3.05) is 11.5 Å². The maximum Gasteiger partial charge on any atom is 0.181 e. The van der Waals surface area contributed by atoms with Gasteiger partial charge in [0, 0.05) is 11.1 Å². The van der Waals surface area contributed by atoms with Gasteiger partial charge in [0.05, 0.1) is 30.5 Å². The molecule has 2 heterocycles. The predicted molar refractivity (Wildman–Crippen MR) is 160 cm³/mol. The number of thiazole rings is 2. The van der Waals surface area contributed by atoms with Crippen molar-refractivity contribution in [2.24, 2.45) is 0 Å². The first kappa shape index (κ1) is 27.9. The third-order valence-electron chi connectivity index (χ3n) is 5.64. The van der Waals surface area contributed by atoms with E-state index in [9.17, 15) is 8.78 Å². The van der Waals surface area contributed by atoms with Crippen LogP contribution in [0.4, 0.5) is 19.0 Å². The summed E-state index contributed by atoms with van der Waals surface area (Å²) in [5.74, 6) is 0.502. The van der Waals surface area contributed by atoms with Crippen molar-refractivity contribution >= 4 is 76.6 Å². The minimum absolute atomic E-state index is 0.0747. The van der Waals surface area contributed by atoms with Crippen LogP contribution < -0.4 is 20.9 Å². The van der Waals surface area contributed by atoms with Gasteiger partial charge >= 0.3 is 0 Å². The average Bonchev–Trinajstić information content (AvgIpc) is 3.48. The molecule has 4 aromatic carbocycles. The first-order valence-electron chi connectivity index (χ1n) is 11.7. The third kappa shape index (κ3) is 6.53. The molecule has 6 nitrogen and oxygen atoms in total. The van der Waals surface area contributed by atoms with Gasteiger partial charge in [-0.2, -0.15) is 0 Å². The molecule has 0 unspecified atom stereocenters. The van der Waals surface area contributed by atoms with E-state index in [-0.39, 0.29) is 24.8 Å². The normalized spacial score (nSPS) is 10.9. The molecule has 0 spiro atoms. The van der Waals surface area contributed by atoms with Crippen molar-refractivity contribution in [3.8, 4) is 11.5 Å². The molecule has 0 aliphatic rings. The van der Waals surface area contributed by atoms with Gasteiger partial charge in [0.2, 0.25) is 0 Å². The fourth-order valence-corrected chi connectivity index (χ4v) is 5.64. The monoisotopic (exact) mass is 616 g/mol. The molecule has 12 heteroatoms. The van der Waals surface area contributed by atoms with Gasteiger partial charge in [0.25, 0.3) is 0 Å². The van der Waals surface area contributed by atoms with Gasteiger partial charge in [-0.3, -0.25) is 0 Å². The van der Waals surface area contributed by atoms with E-state index in [2.05, 4.69) is 9.97 Å². The van der Waals surface area contributed by atoms with Crippen molar-refractivity contribution in [1.29, 1.82) is 0 Å². The van der Waals surface area contributed by atoms with E-state index in [1.165, 1.54) is 34.8 Å². The van der Waals surface area contributed by atoms with Crippen LogP contribution in [0.25, 0.3) is 20.4 Å². The molecule has 4 N–H and O–H groups in total. The maximum atomic E-state index is 13.6. The molecule has 6 aromatic rings. The third-order valence-corrected chi connectivity index (χ3v) is 8.05. The van der Waals surface area contributed by atoms with Gasteiger partial charge in [0.15, 0.2) is 10.3 Å². The summed E-state index contributed by atoms with van der Waals surface area (Å²) in [4.78, 5) is 8.32. The summed E-state index contributed by atoms with van der Waals surface area (Å²) >= 11 is 14.7. The number of hydrogen-bond donors (Lipinski definition) is 2. The molecule has 0 aliphatic carbocycles. The van der Waals surface area contributed by atoms with Crippen LogP contribution in [-0.4, -0.2) is 9.97 Å². The smallest absolute Gasteiger partial charge is 0.181 e. The zero-order valence-corrected chi connectivity index (χ0v) is 23.7. The number of aromatic nitrogens is 2. The molecule has 2 aromatic heterocycles. The number of fused-ring (bicyclic) bond motifs is 2. The van der Waals surface area contributed by atoms with E-state index in [1.807, 2.05) is 24.3 Å². The van der Waals surface area contributed by atoms with E-state index in [0.717, 1.165) is 20.4 Å². The molecule has 0 bridgehead atoms. The Kier molecular flexibility index (Phi) is 8.51. The van der Waals surface area contributed by atoms with Gasteiger partial charge in [-0.15, -0.1) is 0 Å². The van der Waals surface area contributed by atoms with E-state index < -0.39 is 0 Å². The van der Waals surface area contributed by atoms with Crippen LogP contribution in [0.1, 0.15) is 11.1 Å². The van der Waals surface area contributed by atoms with Crippen LogP contribution in [-0.2, 0) is 13.2 Å². The summed E-state index contributed by atoms with van der Waals surface area (Å²) < 4.78 is 40.3. The standard InChI is InChI=1S/2C14H10ClFN2OS/c2*15-10-2-1-3-11(16)9(10)7-19-8-4-5-12-13(6-8)20-14(17)18-12/h2*1-6H,7H2,(H2,17,18). The Hall–Kier alpha value is -3.70. The highest BCUT2D eigenvalue weighted by atomic mass is 35.5. The lowest BCUT2D eigenvalue weighted by Gasteiger charge is -2.08. The molecule has 0 amide bonds.